The molecular formula is C85H152O17P2. The Bertz CT molecular complexity index is 2300. The van der Waals surface area contributed by atoms with E-state index in [1.165, 1.54) is 122 Å². The van der Waals surface area contributed by atoms with Crippen LogP contribution >= 0.6 is 15.6 Å². The molecule has 0 rings (SSSR count). The highest BCUT2D eigenvalue weighted by molar-refractivity contribution is 7.47. The number of esters is 4. The van der Waals surface area contributed by atoms with Crippen LogP contribution < -0.4 is 0 Å². The second-order valence-electron chi connectivity index (χ2n) is 28.1. The molecule has 0 bridgehead atoms. The molecule has 5 atom stereocenters. The van der Waals surface area contributed by atoms with Gasteiger partial charge in [0, 0.05) is 25.7 Å². The van der Waals surface area contributed by atoms with Crippen molar-refractivity contribution in [3.63, 3.8) is 0 Å². The van der Waals surface area contributed by atoms with Crippen LogP contribution in [0.5, 0.6) is 0 Å². The lowest BCUT2D eigenvalue weighted by Gasteiger charge is -2.21. The third-order valence-electron chi connectivity index (χ3n) is 17.8. The van der Waals surface area contributed by atoms with Gasteiger partial charge < -0.3 is 33.8 Å². The number of carbonyl (C=O) groups is 4. The normalized spacial score (nSPS) is 14.3. The lowest BCUT2D eigenvalue weighted by atomic mass is 10.0. The first-order chi connectivity index (χ1) is 50.7. The minimum atomic E-state index is -4.98. The molecule has 0 aliphatic heterocycles. The number of unbranched alkanes of at least 4 members (excludes halogenated alkanes) is 39. The monoisotopic (exact) mass is 1510 g/mol. The van der Waals surface area contributed by atoms with Gasteiger partial charge in [-0.15, -0.1) is 0 Å². The average Bonchev–Trinajstić information content (AvgIpc) is 0.918. The van der Waals surface area contributed by atoms with Crippen molar-refractivity contribution < 1.29 is 80.2 Å². The summed E-state index contributed by atoms with van der Waals surface area (Å²) in [5.74, 6) is -2.19. The van der Waals surface area contributed by atoms with E-state index >= 15 is 0 Å². The third-order valence-corrected chi connectivity index (χ3v) is 19.7. The summed E-state index contributed by atoms with van der Waals surface area (Å²) >= 11 is 0. The first-order valence-electron chi connectivity index (χ1n) is 41.8. The summed E-state index contributed by atoms with van der Waals surface area (Å²) in [4.78, 5) is 73.1. The second kappa shape index (κ2) is 77.4. The number of aliphatic hydroxyl groups is 1. The van der Waals surface area contributed by atoms with E-state index in [0.717, 1.165) is 173 Å². The van der Waals surface area contributed by atoms with Crippen molar-refractivity contribution >= 4 is 39.5 Å². The van der Waals surface area contributed by atoms with Crippen LogP contribution in [0.2, 0.25) is 0 Å². The Morgan fingerprint density at radius 3 is 0.740 bits per heavy atom. The number of rotatable bonds is 79. The largest absolute Gasteiger partial charge is 0.472 e. The fraction of sp³-hybridized carbons (Fsp3) is 0.788. The minimum absolute atomic E-state index is 0.0776. The second-order valence-corrected chi connectivity index (χ2v) is 31.0. The van der Waals surface area contributed by atoms with Crippen LogP contribution in [0, 0.1) is 0 Å². The molecule has 0 radical (unpaired) electrons. The summed E-state index contributed by atoms with van der Waals surface area (Å²) in [6, 6.07) is 0. The van der Waals surface area contributed by atoms with Gasteiger partial charge in [0.2, 0.25) is 0 Å². The summed E-state index contributed by atoms with van der Waals surface area (Å²) < 4.78 is 68.7. The van der Waals surface area contributed by atoms with Crippen LogP contribution in [0.4, 0.5) is 0 Å². The van der Waals surface area contributed by atoms with Gasteiger partial charge in [-0.3, -0.25) is 37.3 Å². The van der Waals surface area contributed by atoms with Crippen molar-refractivity contribution in [2.45, 2.75) is 393 Å². The quantitative estimate of drug-likeness (QED) is 0.0169. The van der Waals surface area contributed by atoms with Gasteiger partial charge in [0.25, 0.3) is 0 Å². The number of phosphoric ester groups is 2. The fourth-order valence-corrected chi connectivity index (χ4v) is 13.0. The van der Waals surface area contributed by atoms with Gasteiger partial charge in [-0.05, 0) is 128 Å². The van der Waals surface area contributed by atoms with Crippen molar-refractivity contribution in [1.29, 1.82) is 0 Å². The van der Waals surface area contributed by atoms with E-state index in [9.17, 15) is 43.2 Å². The SMILES string of the molecule is CCCCC/C=C\C/C=C\C/C=C\CCCCCCCCC(=O)OCC(COP(=O)(O)OCC(O)COP(=O)(O)OCC(COC(=O)CCCCCCC/C=C\C/C=C\CCCCC)OC(=O)CCCCCCC/C=C\C/C=C\CCCCC)OC(=O)CCCCCCCCCCCCCCCCC. The molecule has 0 aliphatic rings. The molecule has 19 heteroatoms. The smallest absolute Gasteiger partial charge is 0.462 e. The van der Waals surface area contributed by atoms with Crippen molar-refractivity contribution in [1.82, 2.24) is 0 Å². The standard InChI is InChI=1S/C85H152O17P2/c1-5-9-13-17-21-25-29-33-37-38-39-40-44-46-50-54-58-62-66-70-83(88)96-76-81(102-85(90)72-68-64-60-56-52-48-43-36-32-28-24-20-16-12-8-4)78-100-104(93,94)98-74-79(86)73-97-103(91,92)99-77-80(101-84(89)71-67-63-59-55-51-47-42-35-31-27-23-19-15-11-7-3)75-95-82(87)69-65-61-57-53-49-45-41-34-30-26-22-18-14-10-6-2/h21-23,25-27,33-35,37,39-42,79-81,86H,5-20,24,28-32,36,38,43-78H2,1-4H3,(H,91,92)(H,93,94)/b25-21-,26-22-,27-23-,37-33-,40-39-,41-34-,42-35-. The Kier molecular flexibility index (Phi) is 74.6. The summed E-state index contributed by atoms with van der Waals surface area (Å²) in [5.41, 5.74) is 0. The molecule has 0 spiro atoms. The summed E-state index contributed by atoms with van der Waals surface area (Å²) in [6.07, 6.45) is 81.1. The number of hydrogen-bond donors (Lipinski definition) is 3. The van der Waals surface area contributed by atoms with Gasteiger partial charge >= 0.3 is 39.5 Å². The van der Waals surface area contributed by atoms with Crippen molar-refractivity contribution in [3.8, 4) is 0 Å². The van der Waals surface area contributed by atoms with Crippen LogP contribution in [0.1, 0.15) is 374 Å². The van der Waals surface area contributed by atoms with Gasteiger partial charge in [-0.2, -0.15) is 0 Å². The lowest BCUT2D eigenvalue weighted by molar-refractivity contribution is -0.161. The maximum Gasteiger partial charge on any atom is 0.472 e. The molecule has 0 aromatic heterocycles. The number of hydrogen-bond acceptors (Lipinski definition) is 15. The molecule has 0 aromatic carbocycles. The molecule has 17 nitrogen and oxygen atoms in total. The van der Waals surface area contributed by atoms with Crippen LogP contribution in [-0.2, 0) is 65.4 Å². The highest BCUT2D eigenvalue weighted by Gasteiger charge is 2.30. The molecule has 3 N–H and O–H groups in total. The van der Waals surface area contributed by atoms with E-state index in [1.807, 2.05) is 0 Å². The molecule has 0 aromatic rings. The highest BCUT2D eigenvalue weighted by atomic mass is 31.2. The fourth-order valence-electron chi connectivity index (χ4n) is 11.4. The van der Waals surface area contributed by atoms with Crippen LogP contribution in [0.3, 0.4) is 0 Å². The van der Waals surface area contributed by atoms with Crippen LogP contribution in [0.25, 0.3) is 0 Å². The van der Waals surface area contributed by atoms with E-state index in [0.29, 0.717) is 25.7 Å². The maximum atomic E-state index is 13.1. The van der Waals surface area contributed by atoms with E-state index in [1.54, 1.807) is 0 Å². The Morgan fingerprint density at radius 2 is 0.471 bits per heavy atom. The average molecular weight is 1510 g/mol. The van der Waals surface area contributed by atoms with Crippen molar-refractivity contribution in [2.75, 3.05) is 39.6 Å². The Labute approximate surface area is 634 Å². The van der Waals surface area contributed by atoms with Gasteiger partial charge in [0.05, 0.1) is 26.4 Å². The zero-order chi connectivity index (χ0) is 76.0. The van der Waals surface area contributed by atoms with E-state index in [2.05, 4.69) is 113 Å². The van der Waals surface area contributed by atoms with E-state index < -0.39 is 97.5 Å². The molecule has 104 heavy (non-hydrogen) atoms. The molecule has 5 unspecified atom stereocenters. The topological polar surface area (TPSA) is 237 Å². The minimum Gasteiger partial charge on any atom is -0.462 e. The number of aliphatic hydroxyl groups excluding tert-OH is 1. The number of carbonyl (C=O) groups excluding carboxylic acids is 4. The Balaban J connectivity index is 5.36. The molecular weight excluding hydrogens is 1350 g/mol. The van der Waals surface area contributed by atoms with Gasteiger partial charge in [-0.1, -0.05) is 305 Å². The zero-order valence-corrected chi connectivity index (χ0v) is 68.0. The number of allylic oxidation sites excluding steroid dienone is 14. The van der Waals surface area contributed by atoms with Gasteiger partial charge in [0.15, 0.2) is 12.2 Å². The predicted molar refractivity (Wildman–Crippen MR) is 427 cm³/mol. The van der Waals surface area contributed by atoms with Crippen molar-refractivity contribution in [3.05, 3.63) is 85.1 Å². The predicted octanol–water partition coefficient (Wildman–Crippen LogP) is 24.6. The molecule has 0 aliphatic carbocycles. The first kappa shape index (κ1) is 100. The maximum absolute atomic E-state index is 13.1. The molecule has 0 amide bonds. The Morgan fingerprint density at radius 1 is 0.269 bits per heavy atom. The lowest BCUT2D eigenvalue weighted by Crippen LogP contribution is -2.30. The molecule has 0 heterocycles. The third kappa shape index (κ3) is 76.4. The molecule has 604 valence electrons. The highest BCUT2D eigenvalue weighted by Crippen LogP contribution is 2.45. The molecule has 0 saturated carbocycles. The zero-order valence-electron chi connectivity index (χ0n) is 66.2. The van der Waals surface area contributed by atoms with Crippen molar-refractivity contribution in [2.24, 2.45) is 0 Å². The Hall–Kier alpha value is -3.76. The number of phosphoric acid groups is 2. The summed E-state index contributed by atoms with van der Waals surface area (Å²) in [7, 11) is -9.96. The first-order valence-corrected chi connectivity index (χ1v) is 44.8. The summed E-state index contributed by atoms with van der Waals surface area (Å²) in [6.45, 7) is 4.82. The van der Waals surface area contributed by atoms with E-state index in [4.69, 9.17) is 37.0 Å². The summed E-state index contributed by atoms with van der Waals surface area (Å²) in [5, 5.41) is 10.7. The van der Waals surface area contributed by atoms with Crippen LogP contribution in [-0.4, -0.2) is 96.7 Å². The number of ether oxygens (including phenoxy) is 4. The van der Waals surface area contributed by atoms with Gasteiger partial charge in [-0.25, -0.2) is 9.13 Å². The van der Waals surface area contributed by atoms with Crippen LogP contribution in [0.15, 0.2) is 85.1 Å². The molecule has 0 saturated heterocycles. The van der Waals surface area contributed by atoms with E-state index in [-0.39, 0.29) is 25.7 Å². The molecule has 0 fully saturated rings. The van der Waals surface area contributed by atoms with Gasteiger partial charge in [0.1, 0.15) is 19.3 Å².